The second kappa shape index (κ2) is 13.4. The summed E-state index contributed by atoms with van der Waals surface area (Å²) in [5.74, 6) is -1.59. The number of hydrogen-bond acceptors (Lipinski definition) is 14. The average molecular weight is 658 g/mol. The number of carbonyl (C=O) groups is 3. The number of rotatable bonds is 14. The molecule has 0 radical (unpaired) electrons. The monoisotopic (exact) mass is 657 g/mol. The minimum absolute atomic E-state index is 0.0170. The Hall–Kier alpha value is -3.57. The first-order valence-corrected chi connectivity index (χ1v) is 16.0. The number of nitrogens with two attached hydrogens (primary N) is 1. The van der Waals surface area contributed by atoms with Crippen molar-refractivity contribution in [3.8, 4) is 0 Å². The molecule has 0 bridgehead atoms. The number of hydrogen-bond donors (Lipinski definition) is 4. The van der Waals surface area contributed by atoms with E-state index in [1.54, 1.807) is 6.92 Å². The van der Waals surface area contributed by atoms with Crippen LogP contribution in [0, 0.1) is 11.8 Å². The number of nitrogen functional groups attached to an aromatic ring is 1. The van der Waals surface area contributed by atoms with Crippen LogP contribution in [-0.2, 0) is 42.4 Å². The molecule has 6 atom stereocenters. The number of aromatic amines is 1. The van der Waals surface area contributed by atoms with Crippen molar-refractivity contribution in [3.05, 3.63) is 16.7 Å². The minimum atomic E-state index is -4.29. The van der Waals surface area contributed by atoms with Gasteiger partial charge in [0.2, 0.25) is 5.95 Å². The lowest BCUT2D eigenvalue weighted by Crippen LogP contribution is -2.46. The van der Waals surface area contributed by atoms with Gasteiger partial charge in [-0.15, -0.1) is 0 Å². The van der Waals surface area contributed by atoms with E-state index in [0.29, 0.717) is 0 Å². The molecule has 2 aromatic rings. The first-order chi connectivity index (χ1) is 21.1. The van der Waals surface area contributed by atoms with E-state index in [-0.39, 0.29) is 41.8 Å². The molecule has 250 valence electrons. The Morgan fingerprint density at radius 3 is 2.22 bits per heavy atom. The number of nitrogens with one attached hydrogen (secondary N) is 3. The summed E-state index contributed by atoms with van der Waals surface area (Å²) in [6.07, 6.45) is -2.56. The van der Waals surface area contributed by atoms with E-state index in [1.807, 2.05) is 27.7 Å². The average Bonchev–Trinajstić information content (AvgIpc) is 3.58. The molecular formula is C26H40N7O11P. The van der Waals surface area contributed by atoms with E-state index in [2.05, 4.69) is 25.1 Å². The molecule has 3 unspecified atom stereocenters. The maximum Gasteiger partial charge on any atom is 0.509 e. The molecule has 5 N–H and O–H groups in total. The van der Waals surface area contributed by atoms with Crippen LogP contribution in [0.2, 0.25) is 0 Å². The zero-order chi connectivity index (χ0) is 33.3. The van der Waals surface area contributed by atoms with Crippen LogP contribution in [0.1, 0.15) is 53.7 Å². The topological polar surface area (TPSA) is 237 Å². The molecule has 19 heteroatoms. The van der Waals surface area contributed by atoms with Gasteiger partial charge in [-0.2, -0.15) is 4.98 Å². The van der Waals surface area contributed by atoms with Crippen molar-refractivity contribution in [1.82, 2.24) is 29.7 Å². The summed E-state index contributed by atoms with van der Waals surface area (Å²) in [5, 5.41) is 5.48. The molecule has 45 heavy (non-hydrogen) atoms. The number of ether oxygens (including phenoxy) is 5. The Labute approximate surface area is 258 Å². The van der Waals surface area contributed by atoms with Crippen LogP contribution < -0.4 is 21.5 Å². The van der Waals surface area contributed by atoms with Gasteiger partial charge in [-0.3, -0.25) is 28.5 Å². The van der Waals surface area contributed by atoms with Crippen LogP contribution in [0.5, 0.6) is 0 Å². The third-order valence-corrected chi connectivity index (χ3v) is 9.20. The van der Waals surface area contributed by atoms with E-state index >= 15 is 0 Å². The van der Waals surface area contributed by atoms with Crippen LogP contribution in [0.4, 0.5) is 10.7 Å². The van der Waals surface area contributed by atoms with Crippen LogP contribution in [0.25, 0.3) is 11.2 Å². The molecule has 18 nitrogen and oxygen atoms in total. The summed E-state index contributed by atoms with van der Waals surface area (Å²) in [6.45, 7) is 8.54. The number of carbonyl (C=O) groups excluding carboxylic acids is 3. The summed E-state index contributed by atoms with van der Waals surface area (Å²) in [4.78, 5) is 60.7. The van der Waals surface area contributed by atoms with Gasteiger partial charge in [0.15, 0.2) is 29.1 Å². The van der Waals surface area contributed by atoms with Crippen molar-refractivity contribution in [2.24, 2.45) is 11.8 Å². The van der Waals surface area contributed by atoms with Crippen molar-refractivity contribution < 1.29 is 47.2 Å². The first-order valence-electron chi connectivity index (χ1n) is 14.3. The van der Waals surface area contributed by atoms with Crippen LogP contribution in [0.15, 0.2) is 11.1 Å². The maximum absolute atomic E-state index is 14.5. The van der Waals surface area contributed by atoms with Crippen molar-refractivity contribution in [2.75, 3.05) is 26.6 Å². The Morgan fingerprint density at radius 1 is 1.11 bits per heavy atom. The Morgan fingerprint density at radius 2 is 1.69 bits per heavy atom. The lowest BCUT2D eigenvalue weighted by atomic mass is 9.96. The molecule has 2 aromatic heterocycles. The highest BCUT2D eigenvalue weighted by molar-refractivity contribution is 7.54. The van der Waals surface area contributed by atoms with Crippen molar-refractivity contribution in [1.29, 1.82) is 0 Å². The third-order valence-electron chi connectivity index (χ3n) is 7.38. The molecule has 0 saturated carbocycles. The number of imidazole rings is 1. The molecule has 2 fully saturated rings. The maximum atomic E-state index is 14.5. The smallest absolute Gasteiger partial charge is 0.468 e. The molecule has 0 aromatic carbocycles. The molecule has 4 rings (SSSR count). The van der Waals surface area contributed by atoms with E-state index in [1.165, 1.54) is 25.1 Å². The van der Waals surface area contributed by atoms with Gasteiger partial charge < -0.3 is 33.9 Å². The second-order valence-electron chi connectivity index (χ2n) is 11.9. The summed E-state index contributed by atoms with van der Waals surface area (Å²) >= 11 is 0. The summed E-state index contributed by atoms with van der Waals surface area (Å²) < 4.78 is 48.8. The van der Waals surface area contributed by atoms with Crippen molar-refractivity contribution >= 4 is 42.9 Å². The molecular weight excluding hydrogens is 617 g/mol. The zero-order valence-electron chi connectivity index (χ0n) is 26.1. The lowest BCUT2D eigenvalue weighted by Gasteiger charge is -2.30. The zero-order valence-corrected chi connectivity index (χ0v) is 27.0. The van der Waals surface area contributed by atoms with Crippen LogP contribution >= 0.6 is 7.67 Å². The van der Waals surface area contributed by atoms with Gasteiger partial charge in [-0.1, -0.05) is 27.7 Å². The molecule has 4 heterocycles. The third kappa shape index (κ3) is 7.30. The molecule has 0 amide bonds. The largest absolute Gasteiger partial charge is 0.509 e. The highest BCUT2D eigenvalue weighted by atomic mass is 31.2. The van der Waals surface area contributed by atoms with Crippen LogP contribution in [0.3, 0.4) is 0 Å². The quantitative estimate of drug-likeness (QED) is 0.127. The normalized spacial score (nSPS) is 25.4. The predicted molar refractivity (Wildman–Crippen MR) is 157 cm³/mol. The highest BCUT2D eigenvalue weighted by Crippen LogP contribution is 2.49. The Bertz CT molecular complexity index is 1490. The van der Waals surface area contributed by atoms with Gasteiger partial charge in [0, 0.05) is 0 Å². The number of nitrogens with zero attached hydrogens (tertiary/aromatic N) is 3. The number of methoxy groups -OCH3 is 2. The lowest BCUT2D eigenvalue weighted by molar-refractivity contribution is -0.143. The first kappa shape index (κ1) is 34.3. The number of H-pyrrole nitrogens is 1. The van der Waals surface area contributed by atoms with Crippen molar-refractivity contribution in [2.45, 2.75) is 83.6 Å². The van der Waals surface area contributed by atoms with Crippen molar-refractivity contribution in [3.63, 3.8) is 0 Å². The van der Waals surface area contributed by atoms with E-state index in [9.17, 15) is 23.7 Å². The standard InChI is InChI=1S/C26H40N7O11P/c1-12(2)8-14(21(35)39-6)31-45(38,32-15(9-13(3)4)22(36)40-7)41-10-16-18-26(5,44-25(37)43-18)23(42-16)33-11-28-17-19(33)29-24(27)30-20(17)34/h11-16,18,23H,8-10H2,1-7H3,(H2,31,32,38)(H3,27,29,30,34)/t14?,15?,16-,18?,23-,26+,45?/m1/s1. The molecule has 0 aliphatic carbocycles. The van der Waals surface area contributed by atoms with Crippen LogP contribution in [-0.4, -0.2) is 88.3 Å². The fraction of sp³-hybridized carbons (Fsp3) is 0.692. The number of aromatic nitrogens is 4. The van der Waals surface area contributed by atoms with Gasteiger partial charge in [-0.25, -0.2) is 20.0 Å². The fourth-order valence-corrected chi connectivity index (χ4v) is 7.23. The number of esters is 2. The van der Waals surface area contributed by atoms with E-state index in [4.69, 9.17) is 33.9 Å². The van der Waals surface area contributed by atoms with E-state index in [0.717, 1.165) is 0 Å². The van der Waals surface area contributed by atoms with Gasteiger partial charge in [-0.05, 0) is 31.6 Å². The second-order valence-corrected chi connectivity index (χ2v) is 13.8. The fourth-order valence-electron chi connectivity index (χ4n) is 5.40. The van der Waals surface area contributed by atoms with Gasteiger partial charge in [0.25, 0.3) is 5.56 Å². The Balaban J connectivity index is 1.66. The Kier molecular flexibility index (Phi) is 10.2. The molecule has 2 aliphatic rings. The summed E-state index contributed by atoms with van der Waals surface area (Å²) in [5.41, 5.74) is 3.72. The summed E-state index contributed by atoms with van der Waals surface area (Å²) in [7, 11) is -1.90. The summed E-state index contributed by atoms with van der Waals surface area (Å²) in [6, 6.07) is -2.15. The predicted octanol–water partition coefficient (Wildman–Crippen LogP) is 1.37. The van der Waals surface area contributed by atoms with E-state index < -0.39 is 74.1 Å². The number of fused-ring (bicyclic) bond motifs is 2. The highest BCUT2D eigenvalue weighted by Gasteiger charge is 2.64. The van der Waals surface area contributed by atoms with Gasteiger partial charge >= 0.3 is 25.8 Å². The molecule has 2 saturated heterocycles. The molecule has 2 aliphatic heterocycles. The number of anilines is 1. The van der Waals surface area contributed by atoms with Gasteiger partial charge in [0.1, 0.15) is 18.2 Å². The molecule has 0 spiro atoms. The minimum Gasteiger partial charge on any atom is -0.468 e. The van der Waals surface area contributed by atoms with Gasteiger partial charge in [0.05, 0.1) is 27.2 Å². The SMILES string of the molecule is COC(=O)C(CC(C)C)NP(=O)(NC(CC(C)C)C(=O)OC)OC[C@H]1O[C@@H](n2cnc3c(=O)[nH]c(N)nc32)[C@@]2(C)OC(=O)OC12.